The van der Waals surface area contributed by atoms with Crippen LogP contribution in [0.5, 0.6) is 5.75 Å². The van der Waals surface area contributed by atoms with Crippen molar-refractivity contribution in [3.63, 3.8) is 0 Å². The number of rotatable bonds is 15. The highest BCUT2D eigenvalue weighted by atomic mass is 16.3. The molecule has 0 bridgehead atoms. The van der Waals surface area contributed by atoms with Crippen molar-refractivity contribution in [2.75, 3.05) is 0 Å². The Morgan fingerprint density at radius 2 is 0.966 bits per heavy atom. The van der Waals surface area contributed by atoms with Crippen molar-refractivity contribution in [3.8, 4) is 5.75 Å². The molecule has 0 atom stereocenters. The van der Waals surface area contributed by atoms with Gasteiger partial charge in [0.1, 0.15) is 5.75 Å². The van der Waals surface area contributed by atoms with Gasteiger partial charge in [-0.1, -0.05) is 89.7 Å². The Labute approximate surface area is 177 Å². The molecule has 2 aromatic carbocycles. The number of aromatic hydroxyl groups is 1. The van der Waals surface area contributed by atoms with Crippen LogP contribution >= 0.6 is 0 Å². The van der Waals surface area contributed by atoms with Crippen LogP contribution in [-0.4, -0.2) is 5.11 Å². The minimum Gasteiger partial charge on any atom is -0.508 e. The van der Waals surface area contributed by atoms with Gasteiger partial charge < -0.3 is 5.11 Å². The molecule has 3 heteroatoms. The molecule has 0 saturated heterocycles. The molecule has 158 valence electrons. The molecular weight excluding hydrogens is 356 g/mol. The van der Waals surface area contributed by atoms with Gasteiger partial charge >= 0.3 is 0 Å². The predicted molar refractivity (Wildman–Crippen MR) is 124 cm³/mol. The third kappa shape index (κ3) is 10.8. The SMILES string of the molecule is CCCCCCCCCCCCCCc1ccc(N=Nc2ccc(O)cc2)cc1. The van der Waals surface area contributed by atoms with Crippen molar-refractivity contribution in [2.24, 2.45) is 10.2 Å². The van der Waals surface area contributed by atoms with Crippen molar-refractivity contribution < 1.29 is 5.11 Å². The van der Waals surface area contributed by atoms with Gasteiger partial charge in [-0.25, -0.2) is 0 Å². The van der Waals surface area contributed by atoms with Gasteiger partial charge in [-0.2, -0.15) is 10.2 Å². The minimum absolute atomic E-state index is 0.242. The second kappa shape index (κ2) is 14.8. The summed E-state index contributed by atoms with van der Waals surface area (Å²) < 4.78 is 0. The molecule has 0 unspecified atom stereocenters. The summed E-state index contributed by atoms with van der Waals surface area (Å²) in [6.45, 7) is 2.28. The van der Waals surface area contributed by atoms with E-state index >= 15 is 0 Å². The number of unbranched alkanes of at least 4 members (excludes halogenated alkanes) is 11. The molecular formula is C26H38N2O. The topological polar surface area (TPSA) is 45.0 Å². The fourth-order valence-corrected chi connectivity index (χ4v) is 3.53. The zero-order valence-electron chi connectivity index (χ0n) is 18.2. The molecule has 1 N–H and O–H groups in total. The van der Waals surface area contributed by atoms with Crippen molar-refractivity contribution in [3.05, 3.63) is 54.1 Å². The summed E-state index contributed by atoms with van der Waals surface area (Å²) in [7, 11) is 0. The van der Waals surface area contributed by atoms with Gasteiger partial charge in [-0.05, 0) is 54.8 Å². The average Bonchev–Trinajstić information content (AvgIpc) is 2.75. The lowest BCUT2D eigenvalue weighted by Crippen LogP contribution is -1.86. The normalized spacial score (nSPS) is 11.3. The van der Waals surface area contributed by atoms with Crippen LogP contribution in [0, 0.1) is 0 Å². The van der Waals surface area contributed by atoms with Gasteiger partial charge in [-0.15, -0.1) is 0 Å². The Balaban J connectivity index is 1.51. The van der Waals surface area contributed by atoms with E-state index in [1.165, 1.54) is 82.6 Å². The Hall–Kier alpha value is -2.16. The monoisotopic (exact) mass is 394 g/mol. The van der Waals surface area contributed by atoms with Crippen molar-refractivity contribution in [2.45, 2.75) is 90.4 Å². The predicted octanol–water partition coefficient (Wildman–Crippen LogP) is 9.05. The summed E-state index contributed by atoms with van der Waals surface area (Å²) in [5, 5.41) is 17.7. The first-order valence-electron chi connectivity index (χ1n) is 11.6. The fourth-order valence-electron chi connectivity index (χ4n) is 3.53. The molecule has 3 nitrogen and oxygen atoms in total. The van der Waals surface area contributed by atoms with Crippen LogP contribution in [0.2, 0.25) is 0 Å². The smallest absolute Gasteiger partial charge is 0.115 e. The zero-order valence-corrected chi connectivity index (χ0v) is 18.2. The number of aryl methyl sites for hydroxylation is 1. The molecule has 0 aliphatic carbocycles. The van der Waals surface area contributed by atoms with Gasteiger partial charge in [0.2, 0.25) is 0 Å². The maximum Gasteiger partial charge on any atom is 0.115 e. The highest BCUT2D eigenvalue weighted by Crippen LogP contribution is 2.21. The largest absolute Gasteiger partial charge is 0.508 e. The quantitative estimate of drug-likeness (QED) is 0.237. The molecule has 0 aliphatic rings. The molecule has 0 radical (unpaired) electrons. The lowest BCUT2D eigenvalue weighted by atomic mass is 10.0. The van der Waals surface area contributed by atoms with E-state index in [2.05, 4.69) is 29.3 Å². The molecule has 0 saturated carbocycles. The highest BCUT2D eigenvalue weighted by Gasteiger charge is 1.97. The second-order valence-corrected chi connectivity index (χ2v) is 8.02. The highest BCUT2D eigenvalue weighted by molar-refractivity contribution is 5.42. The summed E-state index contributed by atoms with van der Waals surface area (Å²) >= 11 is 0. The molecule has 0 aliphatic heterocycles. The second-order valence-electron chi connectivity index (χ2n) is 8.02. The van der Waals surface area contributed by atoms with Gasteiger partial charge in [0.05, 0.1) is 11.4 Å². The molecule has 29 heavy (non-hydrogen) atoms. The molecule has 0 aromatic heterocycles. The summed E-state index contributed by atoms with van der Waals surface area (Å²) in [5.41, 5.74) is 2.97. The van der Waals surface area contributed by atoms with Crippen LogP contribution in [-0.2, 0) is 6.42 Å². The van der Waals surface area contributed by atoms with E-state index in [1.807, 2.05) is 12.1 Å². The Bertz CT molecular complexity index is 677. The minimum atomic E-state index is 0.242. The zero-order chi connectivity index (χ0) is 20.6. The van der Waals surface area contributed by atoms with Gasteiger partial charge in [0.15, 0.2) is 0 Å². The van der Waals surface area contributed by atoms with Crippen molar-refractivity contribution >= 4 is 11.4 Å². The van der Waals surface area contributed by atoms with Crippen LogP contribution in [0.25, 0.3) is 0 Å². The number of benzene rings is 2. The van der Waals surface area contributed by atoms with Crippen LogP contribution < -0.4 is 0 Å². The van der Waals surface area contributed by atoms with Crippen LogP contribution in [0.15, 0.2) is 58.8 Å². The lowest BCUT2D eigenvalue weighted by molar-refractivity contribution is 0.475. The lowest BCUT2D eigenvalue weighted by Gasteiger charge is -2.04. The standard InChI is InChI=1S/C26H38N2O/c1-2-3-4-5-6-7-8-9-10-11-12-13-14-23-15-17-24(18-16-23)27-28-25-19-21-26(29)22-20-25/h15-22,29H,2-14H2,1H3. The van der Waals surface area contributed by atoms with Crippen molar-refractivity contribution in [1.82, 2.24) is 0 Å². The molecule has 2 rings (SSSR count). The van der Waals surface area contributed by atoms with E-state index in [0.29, 0.717) is 0 Å². The molecule has 0 spiro atoms. The Morgan fingerprint density at radius 3 is 1.45 bits per heavy atom. The van der Waals surface area contributed by atoms with E-state index in [4.69, 9.17) is 0 Å². The summed E-state index contributed by atoms with van der Waals surface area (Å²) in [4.78, 5) is 0. The van der Waals surface area contributed by atoms with E-state index in [1.54, 1.807) is 24.3 Å². The summed E-state index contributed by atoms with van der Waals surface area (Å²) in [5.74, 6) is 0.242. The summed E-state index contributed by atoms with van der Waals surface area (Å²) in [6.07, 6.45) is 17.8. The number of phenols is 1. The first-order chi connectivity index (χ1) is 14.3. The average molecular weight is 395 g/mol. The number of hydrogen-bond acceptors (Lipinski definition) is 3. The first-order valence-corrected chi connectivity index (χ1v) is 11.6. The summed E-state index contributed by atoms with van der Waals surface area (Å²) in [6, 6.07) is 15.1. The fraction of sp³-hybridized carbons (Fsp3) is 0.538. The third-order valence-electron chi connectivity index (χ3n) is 5.39. The van der Waals surface area contributed by atoms with Crippen LogP contribution in [0.4, 0.5) is 11.4 Å². The van der Waals surface area contributed by atoms with E-state index in [0.717, 1.165) is 17.8 Å². The number of phenolic OH excluding ortho intramolecular Hbond substituents is 1. The Kier molecular flexibility index (Phi) is 11.8. The number of nitrogens with zero attached hydrogens (tertiary/aromatic N) is 2. The molecule has 0 amide bonds. The number of hydrogen-bond donors (Lipinski definition) is 1. The third-order valence-corrected chi connectivity index (χ3v) is 5.39. The van der Waals surface area contributed by atoms with E-state index in [-0.39, 0.29) is 5.75 Å². The van der Waals surface area contributed by atoms with Crippen molar-refractivity contribution in [1.29, 1.82) is 0 Å². The maximum atomic E-state index is 9.29. The molecule has 2 aromatic rings. The Morgan fingerprint density at radius 1 is 0.552 bits per heavy atom. The first kappa shape index (κ1) is 23.1. The van der Waals surface area contributed by atoms with Gasteiger partial charge in [0, 0.05) is 0 Å². The van der Waals surface area contributed by atoms with Gasteiger partial charge in [0.25, 0.3) is 0 Å². The van der Waals surface area contributed by atoms with Crippen LogP contribution in [0.3, 0.4) is 0 Å². The maximum absolute atomic E-state index is 9.29. The number of azo groups is 1. The van der Waals surface area contributed by atoms with Gasteiger partial charge in [-0.3, -0.25) is 0 Å². The van der Waals surface area contributed by atoms with Crippen LogP contribution in [0.1, 0.15) is 89.5 Å². The molecule has 0 heterocycles. The van der Waals surface area contributed by atoms with E-state index < -0.39 is 0 Å². The molecule has 0 fully saturated rings. The van der Waals surface area contributed by atoms with E-state index in [9.17, 15) is 5.11 Å².